The molecule has 1 heterocycles. The molecule has 0 bridgehead atoms. The normalized spacial score (nSPS) is 11.5. The van der Waals surface area contributed by atoms with Crippen LogP contribution in [0.2, 0.25) is 5.02 Å². The molecule has 0 aliphatic heterocycles. The summed E-state index contributed by atoms with van der Waals surface area (Å²) in [6.45, 7) is 3.94. The lowest BCUT2D eigenvalue weighted by atomic mass is 10.1. The van der Waals surface area contributed by atoms with E-state index in [4.69, 9.17) is 16.0 Å². The second kappa shape index (κ2) is 8.49. The predicted octanol–water partition coefficient (Wildman–Crippen LogP) is 6.95. The number of halogens is 2. The summed E-state index contributed by atoms with van der Waals surface area (Å²) in [6, 6.07) is 19.1. The van der Waals surface area contributed by atoms with Crippen molar-refractivity contribution < 1.29 is 12.8 Å². The SMILES string of the molecule is Cc1cc(C)cc(Nc2oc(-c3ccc(Cl)cc3)nc2S(=O)(=O)c2ccc(Br)cc2)c1. The monoisotopic (exact) mass is 516 g/mol. The van der Waals surface area contributed by atoms with Gasteiger partial charge < -0.3 is 9.73 Å². The van der Waals surface area contributed by atoms with Gasteiger partial charge in [0.25, 0.3) is 0 Å². The number of hydrogen-bond donors (Lipinski definition) is 1. The summed E-state index contributed by atoms with van der Waals surface area (Å²) < 4.78 is 33.5. The molecule has 5 nitrogen and oxygen atoms in total. The number of nitrogens with zero attached hydrogens (tertiary/aromatic N) is 1. The van der Waals surface area contributed by atoms with Crippen molar-refractivity contribution in [3.8, 4) is 11.5 Å². The zero-order valence-corrected chi connectivity index (χ0v) is 19.8. The van der Waals surface area contributed by atoms with Crippen LogP contribution in [-0.4, -0.2) is 13.4 Å². The van der Waals surface area contributed by atoms with E-state index in [0.29, 0.717) is 16.3 Å². The van der Waals surface area contributed by atoms with Crippen molar-refractivity contribution in [1.29, 1.82) is 0 Å². The van der Waals surface area contributed by atoms with Gasteiger partial charge in [0, 0.05) is 20.7 Å². The number of aryl methyl sites for hydroxylation is 2. The van der Waals surface area contributed by atoms with E-state index in [1.807, 2.05) is 32.0 Å². The van der Waals surface area contributed by atoms with E-state index in [1.54, 1.807) is 36.4 Å². The van der Waals surface area contributed by atoms with Gasteiger partial charge in [-0.1, -0.05) is 33.6 Å². The van der Waals surface area contributed by atoms with E-state index in [9.17, 15) is 8.42 Å². The number of anilines is 2. The number of sulfone groups is 1. The zero-order chi connectivity index (χ0) is 22.2. The van der Waals surface area contributed by atoms with Gasteiger partial charge in [-0.05, 0) is 85.6 Å². The molecule has 0 aliphatic rings. The summed E-state index contributed by atoms with van der Waals surface area (Å²) in [6.07, 6.45) is 0. The molecule has 0 saturated heterocycles. The van der Waals surface area contributed by atoms with E-state index in [1.165, 1.54) is 12.1 Å². The minimum atomic E-state index is -3.94. The smallest absolute Gasteiger partial charge is 0.238 e. The molecule has 8 heteroatoms. The Morgan fingerprint density at radius 1 is 0.935 bits per heavy atom. The first kappa shape index (κ1) is 21.6. The fourth-order valence-corrected chi connectivity index (χ4v) is 4.83. The summed E-state index contributed by atoms with van der Waals surface area (Å²) in [5.41, 5.74) is 3.41. The largest absolute Gasteiger partial charge is 0.419 e. The number of benzene rings is 3. The molecule has 4 rings (SSSR count). The molecule has 0 saturated carbocycles. The highest BCUT2D eigenvalue weighted by atomic mass is 79.9. The molecular formula is C23H18BrClN2O3S. The van der Waals surface area contributed by atoms with Crippen LogP contribution >= 0.6 is 27.5 Å². The maximum atomic E-state index is 13.4. The first-order chi connectivity index (χ1) is 14.7. The van der Waals surface area contributed by atoms with E-state index >= 15 is 0 Å². The Labute approximate surface area is 194 Å². The first-order valence-corrected chi connectivity index (χ1v) is 12.0. The van der Waals surface area contributed by atoms with Gasteiger partial charge in [-0.3, -0.25) is 0 Å². The summed E-state index contributed by atoms with van der Waals surface area (Å²) in [4.78, 5) is 4.47. The number of oxazole rings is 1. The Balaban J connectivity index is 1.85. The second-order valence-corrected chi connectivity index (χ2v) is 10.3. The molecule has 4 aromatic rings. The Morgan fingerprint density at radius 3 is 2.16 bits per heavy atom. The maximum absolute atomic E-state index is 13.4. The Hall–Kier alpha value is -2.61. The lowest BCUT2D eigenvalue weighted by Crippen LogP contribution is -2.05. The van der Waals surface area contributed by atoms with Crippen LogP contribution in [0.3, 0.4) is 0 Å². The third-order valence-corrected chi connectivity index (χ3v) is 7.00. The number of hydrogen-bond acceptors (Lipinski definition) is 5. The van der Waals surface area contributed by atoms with Crippen molar-refractivity contribution in [2.24, 2.45) is 0 Å². The van der Waals surface area contributed by atoms with E-state index < -0.39 is 9.84 Å². The molecule has 0 spiro atoms. The van der Waals surface area contributed by atoms with Crippen molar-refractivity contribution in [2.45, 2.75) is 23.8 Å². The van der Waals surface area contributed by atoms with Gasteiger partial charge in [0.05, 0.1) is 4.90 Å². The molecule has 0 fully saturated rings. The van der Waals surface area contributed by atoms with Crippen LogP contribution in [0.4, 0.5) is 11.6 Å². The molecule has 0 radical (unpaired) electrons. The standard InChI is InChI=1S/C23H18BrClN2O3S/c1-14-11-15(2)13-19(12-14)26-22-23(31(28,29)20-9-5-17(24)6-10-20)27-21(30-22)16-3-7-18(25)8-4-16/h3-13,26H,1-2H3. The van der Waals surface area contributed by atoms with Gasteiger partial charge in [-0.25, -0.2) is 8.42 Å². The number of rotatable bonds is 5. The fraction of sp³-hybridized carbons (Fsp3) is 0.0870. The quantitative estimate of drug-likeness (QED) is 0.310. The molecule has 0 unspecified atom stereocenters. The average molecular weight is 518 g/mol. The Morgan fingerprint density at radius 2 is 1.55 bits per heavy atom. The van der Waals surface area contributed by atoms with Crippen molar-refractivity contribution in [3.63, 3.8) is 0 Å². The number of nitrogens with one attached hydrogen (secondary N) is 1. The van der Waals surface area contributed by atoms with E-state index in [2.05, 4.69) is 26.2 Å². The molecule has 0 amide bonds. The van der Waals surface area contributed by atoms with Crippen molar-refractivity contribution in [2.75, 3.05) is 5.32 Å². The molecule has 3 aromatic carbocycles. The minimum Gasteiger partial charge on any atom is -0.419 e. The minimum absolute atomic E-state index is 0.0536. The summed E-state index contributed by atoms with van der Waals surface area (Å²) >= 11 is 9.30. The Kier molecular flexibility index (Phi) is 5.92. The molecule has 1 aromatic heterocycles. The number of aromatic nitrogens is 1. The lowest BCUT2D eigenvalue weighted by Gasteiger charge is -2.08. The third kappa shape index (κ3) is 4.69. The van der Waals surface area contributed by atoms with Crippen molar-refractivity contribution in [3.05, 3.63) is 87.4 Å². The van der Waals surface area contributed by atoms with E-state index in [-0.39, 0.29) is 21.7 Å². The highest BCUT2D eigenvalue weighted by molar-refractivity contribution is 9.10. The highest BCUT2D eigenvalue weighted by Gasteiger charge is 2.29. The summed E-state index contributed by atoms with van der Waals surface area (Å²) in [7, 11) is -3.94. The second-order valence-electron chi connectivity index (χ2n) is 7.12. The molecule has 1 N–H and O–H groups in total. The first-order valence-electron chi connectivity index (χ1n) is 9.35. The summed E-state index contributed by atoms with van der Waals surface area (Å²) in [5, 5.41) is 3.48. The molecular weight excluding hydrogens is 500 g/mol. The third-order valence-electron chi connectivity index (χ3n) is 4.55. The van der Waals surface area contributed by atoms with Crippen molar-refractivity contribution in [1.82, 2.24) is 4.98 Å². The van der Waals surface area contributed by atoms with Crippen LogP contribution in [-0.2, 0) is 9.84 Å². The van der Waals surface area contributed by atoms with Gasteiger partial charge in [0.2, 0.25) is 26.6 Å². The molecule has 0 atom stereocenters. The Bertz CT molecular complexity index is 1330. The van der Waals surface area contributed by atoms with Crippen LogP contribution in [0.5, 0.6) is 0 Å². The van der Waals surface area contributed by atoms with Gasteiger partial charge in [0.1, 0.15) is 0 Å². The van der Waals surface area contributed by atoms with E-state index in [0.717, 1.165) is 15.6 Å². The van der Waals surface area contributed by atoms with Gasteiger partial charge in [0.15, 0.2) is 0 Å². The van der Waals surface area contributed by atoms with Gasteiger partial charge >= 0.3 is 0 Å². The molecule has 31 heavy (non-hydrogen) atoms. The lowest BCUT2D eigenvalue weighted by molar-refractivity contribution is 0.582. The van der Waals surface area contributed by atoms with Crippen LogP contribution in [0.15, 0.2) is 85.5 Å². The van der Waals surface area contributed by atoms with Gasteiger partial charge in [-0.2, -0.15) is 4.98 Å². The molecule has 158 valence electrons. The van der Waals surface area contributed by atoms with Gasteiger partial charge in [-0.15, -0.1) is 0 Å². The van der Waals surface area contributed by atoms with Crippen LogP contribution < -0.4 is 5.32 Å². The van der Waals surface area contributed by atoms with Crippen molar-refractivity contribution >= 4 is 48.9 Å². The molecule has 0 aliphatic carbocycles. The maximum Gasteiger partial charge on any atom is 0.238 e. The fourth-order valence-electron chi connectivity index (χ4n) is 3.19. The van der Waals surface area contributed by atoms with Crippen LogP contribution in [0, 0.1) is 13.8 Å². The topological polar surface area (TPSA) is 72.2 Å². The average Bonchev–Trinajstić information content (AvgIpc) is 3.12. The van der Waals surface area contributed by atoms with Crippen LogP contribution in [0.1, 0.15) is 11.1 Å². The van der Waals surface area contributed by atoms with Crippen LogP contribution in [0.25, 0.3) is 11.5 Å². The summed E-state index contributed by atoms with van der Waals surface area (Å²) in [5.74, 6) is 0.233. The zero-order valence-electron chi connectivity index (χ0n) is 16.7. The highest BCUT2D eigenvalue weighted by Crippen LogP contribution is 2.35. The predicted molar refractivity (Wildman–Crippen MR) is 126 cm³/mol.